The molecule has 27 heavy (non-hydrogen) atoms. The Morgan fingerprint density at radius 2 is 1.52 bits per heavy atom. The number of hydrogen-bond acceptors (Lipinski definition) is 3. The average molecular weight is 385 g/mol. The van der Waals surface area contributed by atoms with E-state index >= 15 is 0 Å². The van der Waals surface area contributed by atoms with Crippen molar-refractivity contribution >= 4 is 11.3 Å². The Kier molecular flexibility index (Phi) is 8.32. The molecule has 1 aliphatic rings. The van der Waals surface area contributed by atoms with Gasteiger partial charge in [0.1, 0.15) is 10.0 Å². The van der Waals surface area contributed by atoms with Crippen LogP contribution < -0.4 is 0 Å². The summed E-state index contributed by atoms with van der Waals surface area (Å²) in [6.45, 7) is 4.50. The lowest BCUT2D eigenvalue weighted by Crippen LogP contribution is -2.13. The first kappa shape index (κ1) is 20.5. The van der Waals surface area contributed by atoms with Gasteiger partial charge in [-0.15, -0.1) is 21.5 Å². The van der Waals surface area contributed by atoms with Crippen LogP contribution in [-0.2, 0) is 19.3 Å². The van der Waals surface area contributed by atoms with Gasteiger partial charge < -0.3 is 0 Å². The quantitative estimate of drug-likeness (QED) is 0.407. The highest BCUT2D eigenvalue weighted by Gasteiger charge is 2.21. The predicted molar refractivity (Wildman–Crippen MR) is 117 cm³/mol. The van der Waals surface area contributed by atoms with Crippen LogP contribution in [0.2, 0.25) is 0 Å². The van der Waals surface area contributed by atoms with Crippen LogP contribution in [0, 0.1) is 5.92 Å². The molecule has 0 unspecified atom stereocenters. The number of rotatable bonds is 10. The molecule has 1 aliphatic carbocycles. The van der Waals surface area contributed by atoms with Gasteiger partial charge in [-0.2, -0.15) is 0 Å². The zero-order valence-corrected chi connectivity index (χ0v) is 18.1. The van der Waals surface area contributed by atoms with Gasteiger partial charge in [0.15, 0.2) is 0 Å². The van der Waals surface area contributed by atoms with E-state index in [1.54, 1.807) is 16.9 Å². The van der Waals surface area contributed by atoms with E-state index in [4.69, 9.17) is 0 Å². The van der Waals surface area contributed by atoms with Crippen molar-refractivity contribution in [3.8, 4) is 0 Å². The van der Waals surface area contributed by atoms with E-state index in [2.05, 4.69) is 48.3 Å². The zero-order chi connectivity index (χ0) is 18.9. The smallest absolute Gasteiger partial charge is 0.117 e. The molecule has 2 nitrogen and oxygen atoms in total. The average Bonchev–Trinajstić information content (AvgIpc) is 3.15. The van der Waals surface area contributed by atoms with Crippen molar-refractivity contribution in [1.82, 2.24) is 10.2 Å². The van der Waals surface area contributed by atoms with E-state index in [-0.39, 0.29) is 0 Å². The fraction of sp³-hybridized carbons (Fsp3) is 0.667. The normalized spacial score (nSPS) is 20.1. The molecule has 3 heteroatoms. The van der Waals surface area contributed by atoms with Crippen LogP contribution >= 0.6 is 11.3 Å². The number of aromatic nitrogens is 2. The summed E-state index contributed by atoms with van der Waals surface area (Å²) >= 11 is 1.79. The molecule has 3 rings (SSSR count). The van der Waals surface area contributed by atoms with E-state index < -0.39 is 0 Å². The van der Waals surface area contributed by atoms with Crippen LogP contribution in [0.5, 0.6) is 0 Å². The maximum atomic E-state index is 4.34. The minimum atomic E-state index is 0.793. The van der Waals surface area contributed by atoms with E-state index in [9.17, 15) is 0 Å². The Hall–Kier alpha value is -1.22. The fourth-order valence-corrected chi connectivity index (χ4v) is 5.33. The minimum absolute atomic E-state index is 0.793. The molecule has 1 aromatic heterocycles. The van der Waals surface area contributed by atoms with Crippen molar-refractivity contribution in [3.05, 3.63) is 45.4 Å². The third-order valence-corrected chi connectivity index (χ3v) is 7.16. The standard InChI is InChI=1S/C24H36N2S/c1-3-5-6-8-19-9-14-21(15-10-19)22-16-11-20(12-17-22)13-18-24-26-25-23(27-24)7-4-2/h11-12,16-17,19,21H,3-10,13-15,18H2,1-2H3. The van der Waals surface area contributed by atoms with Crippen LogP contribution in [0.1, 0.15) is 98.7 Å². The van der Waals surface area contributed by atoms with E-state index in [0.29, 0.717) is 0 Å². The highest BCUT2D eigenvalue weighted by atomic mass is 32.1. The van der Waals surface area contributed by atoms with Crippen molar-refractivity contribution in [1.29, 1.82) is 0 Å². The van der Waals surface area contributed by atoms with Crippen LogP contribution in [0.4, 0.5) is 0 Å². The maximum absolute atomic E-state index is 4.34. The molecule has 0 amide bonds. The molecular weight excluding hydrogens is 348 g/mol. The van der Waals surface area contributed by atoms with Gasteiger partial charge in [0.05, 0.1) is 0 Å². The lowest BCUT2D eigenvalue weighted by molar-refractivity contribution is 0.303. The Bertz CT molecular complexity index is 653. The lowest BCUT2D eigenvalue weighted by atomic mass is 9.77. The molecule has 0 radical (unpaired) electrons. The first-order chi connectivity index (χ1) is 13.3. The fourth-order valence-electron chi connectivity index (χ4n) is 4.38. The van der Waals surface area contributed by atoms with Gasteiger partial charge in [0.25, 0.3) is 0 Å². The van der Waals surface area contributed by atoms with E-state index in [1.807, 2.05) is 0 Å². The van der Waals surface area contributed by atoms with Crippen LogP contribution in [0.25, 0.3) is 0 Å². The van der Waals surface area contributed by atoms with Gasteiger partial charge in [-0.3, -0.25) is 0 Å². The van der Waals surface area contributed by atoms with Gasteiger partial charge in [0, 0.05) is 12.8 Å². The van der Waals surface area contributed by atoms with Crippen molar-refractivity contribution in [3.63, 3.8) is 0 Å². The van der Waals surface area contributed by atoms with Crippen LogP contribution in [0.15, 0.2) is 24.3 Å². The second-order valence-electron chi connectivity index (χ2n) is 8.29. The van der Waals surface area contributed by atoms with Gasteiger partial charge in [0.2, 0.25) is 0 Å². The highest BCUT2D eigenvalue weighted by Crippen LogP contribution is 2.37. The largest absolute Gasteiger partial charge is 0.144 e. The van der Waals surface area contributed by atoms with Gasteiger partial charge in [-0.25, -0.2) is 0 Å². The Balaban J connectivity index is 1.43. The van der Waals surface area contributed by atoms with Crippen molar-refractivity contribution < 1.29 is 0 Å². The molecule has 2 aromatic rings. The molecule has 0 atom stereocenters. The number of benzene rings is 1. The van der Waals surface area contributed by atoms with Crippen LogP contribution in [-0.4, -0.2) is 10.2 Å². The lowest BCUT2D eigenvalue weighted by Gasteiger charge is -2.29. The summed E-state index contributed by atoms with van der Waals surface area (Å²) in [7, 11) is 0. The molecule has 1 heterocycles. The zero-order valence-electron chi connectivity index (χ0n) is 17.3. The summed E-state index contributed by atoms with van der Waals surface area (Å²) in [4.78, 5) is 0. The predicted octanol–water partition coefficient (Wildman–Crippen LogP) is 7.13. The molecule has 1 saturated carbocycles. The second kappa shape index (κ2) is 10.9. The number of nitrogens with zero attached hydrogens (tertiary/aromatic N) is 2. The molecule has 1 aromatic carbocycles. The highest BCUT2D eigenvalue weighted by molar-refractivity contribution is 7.11. The topological polar surface area (TPSA) is 25.8 Å². The molecule has 0 bridgehead atoms. The summed E-state index contributed by atoms with van der Waals surface area (Å²) in [5.41, 5.74) is 2.99. The third-order valence-electron chi connectivity index (χ3n) is 6.11. The molecule has 0 spiro atoms. The van der Waals surface area contributed by atoms with Gasteiger partial charge in [-0.05, 0) is 61.5 Å². The van der Waals surface area contributed by atoms with Crippen molar-refractivity contribution in [2.75, 3.05) is 0 Å². The van der Waals surface area contributed by atoms with E-state index in [0.717, 1.165) is 37.5 Å². The molecule has 1 fully saturated rings. The number of hydrogen-bond donors (Lipinski definition) is 0. The number of aryl methyl sites for hydroxylation is 3. The van der Waals surface area contributed by atoms with E-state index in [1.165, 1.54) is 66.9 Å². The Morgan fingerprint density at radius 3 is 2.19 bits per heavy atom. The first-order valence-corrected chi connectivity index (χ1v) is 12.0. The Morgan fingerprint density at radius 1 is 0.815 bits per heavy atom. The Labute approximate surface area is 169 Å². The number of unbranched alkanes of at least 4 members (excludes halogenated alkanes) is 2. The van der Waals surface area contributed by atoms with Gasteiger partial charge in [-0.1, -0.05) is 63.8 Å². The molecule has 0 aliphatic heterocycles. The van der Waals surface area contributed by atoms with Crippen molar-refractivity contribution in [2.24, 2.45) is 5.92 Å². The summed E-state index contributed by atoms with van der Waals surface area (Å²) < 4.78 is 0. The summed E-state index contributed by atoms with van der Waals surface area (Å²) in [5, 5.41) is 11.0. The van der Waals surface area contributed by atoms with Gasteiger partial charge >= 0.3 is 0 Å². The second-order valence-corrected chi connectivity index (χ2v) is 9.44. The molecular formula is C24H36N2S. The SMILES string of the molecule is CCCCCC1CCC(c2ccc(CCc3nnc(CCC)s3)cc2)CC1. The molecule has 148 valence electrons. The summed E-state index contributed by atoms with van der Waals surface area (Å²) in [6, 6.07) is 9.47. The first-order valence-electron chi connectivity index (χ1n) is 11.2. The third kappa shape index (κ3) is 6.41. The minimum Gasteiger partial charge on any atom is -0.144 e. The maximum Gasteiger partial charge on any atom is 0.117 e. The molecule has 0 saturated heterocycles. The van der Waals surface area contributed by atoms with Crippen LogP contribution in [0.3, 0.4) is 0 Å². The summed E-state index contributed by atoms with van der Waals surface area (Å²) in [5.74, 6) is 1.79. The monoisotopic (exact) mass is 384 g/mol. The van der Waals surface area contributed by atoms with Crippen molar-refractivity contribution in [2.45, 2.75) is 96.8 Å². The molecule has 0 N–H and O–H groups in total. The summed E-state index contributed by atoms with van der Waals surface area (Å²) in [6.07, 6.45) is 15.6.